The van der Waals surface area contributed by atoms with Gasteiger partial charge in [0.1, 0.15) is 0 Å². The van der Waals surface area contributed by atoms with E-state index in [1.165, 1.54) is 0 Å². The number of hydrogen-bond donors (Lipinski definition) is 4. The summed E-state index contributed by atoms with van der Waals surface area (Å²) in [6.45, 7) is 9.70. The van der Waals surface area contributed by atoms with Crippen LogP contribution in [0.2, 0.25) is 0 Å². The van der Waals surface area contributed by atoms with E-state index in [2.05, 4.69) is 35.1 Å². The van der Waals surface area contributed by atoms with Gasteiger partial charge in [-0.2, -0.15) is 0 Å². The fraction of sp³-hybridized carbons (Fsp3) is 1.00. The summed E-state index contributed by atoms with van der Waals surface area (Å²) < 4.78 is 0. The molecule has 1 heterocycles. The van der Waals surface area contributed by atoms with Crippen LogP contribution in [0.25, 0.3) is 0 Å². The van der Waals surface area contributed by atoms with Gasteiger partial charge in [-0.25, -0.2) is 0 Å². The van der Waals surface area contributed by atoms with Gasteiger partial charge in [-0.1, -0.05) is 0 Å². The molecule has 0 spiro atoms. The minimum atomic E-state index is 0.136. The summed E-state index contributed by atoms with van der Waals surface area (Å²) in [5, 5.41) is 13.7. The molecule has 1 unspecified atom stereocenters. The van der Waals surface area contributed by atoms with E-state index in [0.717, 1.165) is 32.7 Å². The van der Waals surface area contributed by atoms with Crippen molar-refractivity contribution in [1.29, 1.82) is 0 Å². The van der Waals surface area contributed by atoms with Gasteiger partial charge in [-0.3, -0.25) is 0 Å². The van der Waals surface area contributed by atoms with Crippen molar-refractivity contribution in [2.75, 3.05) is 39.8 Å². The van der Waals surface area contributed by atoms with Gasteiger partial charge in [-0.15, -0.1) is 0 Å². The first-order chi connectivity index (χ1) is 6.67. The summed E-state index contributed by atoms with van der Waals surface area (Å²) in [5.74, 6) is 0. The minimum Gasteiger partial charge on any atom is -0.314 e. The summed E-state index contributed by atoms with van der Waals surface area (Å²) in [6.07, 6.45) is 0. The zero-order valence-corrected chi connectivity index (χ0v) is 9.61. The molecule has 1 aliphatic heterocycles. The molecule has 0 aromatic carbocycles. The van der Waals surface area contributed by atoms with Crippen LogP contribution in [-0.4, -0.2) is 51.4 Å². The van der Waals surface area contributed by atoms with Gasteiger partial charge < -0.3 is 21.3 Å². The Balaban J connectivity index is 2.47. The van der Waals surface area contributed by atoms with Crippen molar-refractivity contribution < 1.29 is 0 Å². The minimum absolute atomic E-state index is 0.136. The van der Waals surface area contributed by atoms with Crippen LogP contribution in [0.1, 0.15) is 13.8 Å². The molecular formula is C10H24N4. The van der Waals surface area contributed by atoms with Gasteiger partial charge in [0.05, 0.1) is 0 Å². The fourth-order valence-electron chi connectivity index (χ4n) is 1.64. The highest BCUT2D eigenvalue weighted by atomic mass is 15.1. The van der Waals surface area contributed by atoms with E-state index in [-0.39, 0.29) is 5.54 Å². The Bertz CT molecular complexity index is 148. The van der Waals surface area contributed by atoms with E-state index in [9.17, 15) is 0 Å². The lowest BCUT2D eigenvalue weighted by Crippen LogP contribution is -2.58. The van der Waals surface area contributed by atoms with Gasteiger partial charge in [0, 0.05) is 44.3 Å². The van der Waals surface area contributed by atoms with Crippen molar-refractivity contribution in [3.63, 3.8) is 0 Å². The van der Waals surface area contributed by atoms with Crippen molar-refractivity contribution in [2.45, 2.75) is 25.4 Å². The second-order valence-corrected chi connectivity index (χ2v) is 4.43. The Hall–Kier alpha value is -0.160. The molecule has 4 N–H and O–H groups in total. The number of hydrogen-bond acceptors (Lipinski definition) is 4. The largest absolute Gasteiger partial charge is 0.314 e. The molecule has 0 aliphatic carbocycles. The van der Waals surface area contributed by atoms with E-state index in [0.29, 0.717) is 6.04 Å². The van der Waals surface area contributed by atoms with Gasteiger partial charge >= 0.3 is 0 Å². The van der Waals surface area contributed by atoms with Crippen LogP contribution in [0, 0.1) is 0 Å². The summed E-state index contributed by atoms with van der Waals surface area (Å²) in [6, 6.07) is 0.479. The summed E-state index contributed by atoms with van der Waals surface area (Å²) >= 11 is 0. The van der Waals surface area contributed by atoms with Crippen LogP contribution in [0.15, 0.2) is 0 Å². The van der Waals surface area contributed by atoms with Crippen molar-refractivity contribution in [3.05, 3.63) is 0 Å². The van der Waals surface area contributed by atoms with Crippen LogP contribution in [0.5, 0.6) is 0 Å². The monoisotopic (exact) mass is 200 g/mol. The SMILES string of the molecule is CNC(C)(C)C1CNCCNCCN1. The highest BCUT2D eigenvalue weighted by Crippen LogP contribution is 2.07. The molecular weight excluding hydrogens is 176 g/mol. The molecule has 0 radical (unpaired) electrons. The van der Waals surface area contributed by atoms with Crippen LogP contribution in [0.3, 0.4) is 0 Å². The maximum atomic E-state index is 3.57. The molecule has 0 aromatic rings. The molecule has 4 heteroatoms. The van der Waals surface area contributed by atoms with E-state index in [4.69, 9.17) is 0 Å². The predicted molar refractivity (Wildman–Crippen MR) is 60.7 cm³/mol. The molecule has 0 saturated carbocycles. The standard InChI is InChI=1S/C10H24N4/c1-10(2,11-3)9-8-13-5-4-12-6-7-14-9/h9,11-14H,4-8H2,1-3H3. The topological polar surface area (TPSA) is 48.1 Å². The third-order valence-electron chi connectivity index (χ3n) is 3.04. The molecule has 14 heavy (non-hydrogen) atoms. The molecule has 0 bridgehead atoms. The molecule has 1 aliphatic rings. The highest BCUT2D eigenvalue weighted by Gasteiger charge is 2.26. The molecule has 1 rings (SSSR count). The molecule has 84 valence electrons. The maximum absolute atomic E-state index is 3.57. The Morgan fingerprint density at radius 2 is 1.71 bits per heavy atom. The van der Waals surface area contributed by atoms with Crippen molar-refractivity contribution in [2.24, 2.45) is 0 Å². The number of nitrogens with one attached hydrogen (secondary N) is 4. The lowest BCUT2D eigenvalue weighted by Gasteiger charge is -2.35. The molecule has 0 aromatic heterocycles. The van der Waals surface area contributed by atoms with Crippen molar-refractivity contribution in [1.82, 2.24) is 21.3 Å². The van der Waals surface area contributed by atoms with E-state index >= 15 is 0 Å². The summed E-state index contributed by atoms with van der Waals surface area (Å²) in [5.41, 5.74) is 0.136. The molecule has 1 saturated heterocycles. The number of rotatable bonds is 2. The Morgan fingerprint density at radius 3 is 2.43 bits per heavy atom. The second-order valence-electron chi connectivity index (χ2n) is 4.43. The Morgan fingerprint density at radius 1 is 1.07 bits per heavy atom. The highest BCUT2D eigenvalue weighted by molar-refractivity contribution is 4.92. The smallest absolute Gasteiger partial charge is 0.0370 e. The normalized spacial score (nSPS) is 26.4. The summed E-state index contributed by atoms with van der Waals surface area (Å²) in [4.78, 5) is 0. The van der Waals surface area contributed by atoms with Crippen LogP contribution < -0.4 is 21.3 Å². The van der Waals surface area contributed by atoms with Gasteiger partial charge in [0.2, 0.25) is 0 Å². The Kier molecular flexibility index (Phi) is 4.81. The van der Waals surface area contributed by atoms with E-state index < -0.39 is 0 Å². The third kappa shape index (κ3) is 3.53. The van der Waals surface area contributed by atoms with Gasteiger partial charge in [-0.05, 0) is 20.9 Å². The molecule has 4 nitrogen and oxygen atoms in total. The van der Waals surface area contributed by atoms with Gasteiger partial charge in [0.25, 0.3) is 0 Å². The van der Waals surface area contributed by atoms with Gasteiger partial charge in [0.15, 0.2) is 0 Å². The maximum Gasteiger partial charge on any atom is 0.0370 e. The van der Waals surface area contributed by atoms with Crippen molar-refractivity contribution in [3.8, 4) is 0 Å². The van der Waals surface area contributed by atoms with E-state index in [1.807, 2.05) is 7.05 Å². The van der Waals surface area contributed by atoms with Crippen molar-refractivity contribution >= 4 is 0 Å². The van der Waals surface area contributed by atoms with E-state index in [1.54, 1.807) is 0 Å². The first-order valence-electron chi connectivity index (χ1n) is 5.50. The molecule has 1 atom stereocenters. The average Bonchev–Trinajstić information content (AvgIpc) is 2.30. The second kappa shape index (κ2) is 5.66. The fourth-order valence-corrected chi connectivity index (χ4v) is 1.64. The zero-order chi connectivity index (χ0) is 10.4. The first kappa shape index (κ1) is 11.9. The lowest BCUT2D eigenvalue weighted by molar-refractivity contribution is 0.288. The van der Waals surface area contributed by atoms with Crippen LogP contribution in [0.4, 0.5) is 0 Å². The average molecular weight is 200 g/mol. The van der Waals surface area contributed by atoms with Crippen LogP contribution in [-0.2, 0) is 0 Å². The Labute approximate surface area is 87.2 Å². The molecule has 1 fully saturated rings. The predicted octanol–water partition coefficient (Wildman–Crippen LogP) is -0.865. The zero-order valence-electron chi connectivity index (χ0n) is 9.61. The van der Waals surface area contributed by atoms with Crippen LogP contribution >= 0.6 is 0 Å². The lowest BCUT2D eigenvalue weighted by atomic mass is 9.94. The number of likely N-dealkylation sites (N-methyl/N-ethyl adjacent to an activating group) is 1. The summed E-state index contributed by atoms with van der Waals surface area (Å²) in [7, 11) is 2.02. The quantitative estimate of drug-likeness (QED) is 0.468. The third-order valence-corrected chi connectivity index (χ3v) is 3.04. The molecule has 0 amide bonds. The first-order valence-corrected chi connectivity index (χ1v) is 5.50.